The van der Waals surface area contributed by atoms with Crippen molar-refractivity contribution in [2.75, 3.05) is 0 Å². The summed E-state index contributed by atoms with van der Waals surface area (Å²) in [4.78, 5) is 22.7. The van der Waals surface area contributed by atoms with E-state index < -0.39 is 5.97 Å². The molecule has 2 aromatic rings. The predicted molar refractivity (Wildman–Crippen MR) is 66.7 cm³/mol. The van der Waals surface area contributed by atoms with Crippen LogP contribution in [0.4, 0.5) is 0 Å². The molecule has 2 aromatic heterocycles. The third kappa shape index (κ3) is 1.96. The molecule has 0 aliphatic heterocycles. The summed E-state index contributed by atoms with van der Waals surface area (Å²) in [6.07, 6.45) is 7.47. The van der Waals surface area contributed by atoms with Crippen molar-refractivity contribution in [1.29, 1.82) is 0 Å². The van der Waals surface area contributed by atoms with Crippen LogP contribution in [0.5, 0.6) is 0 Å². The number of hydrogen-bond donors (Lipinski definition) is 2. The van der Waals surface area contributed by atoms with Gasteiger partial charge >= 0.3 is 5.97 Å². The summed E-state index contributed by atoms with van der Waals surface area (Å²) in [5.41, 5.74) is 1.53. The van der Waals surface area contributed by atoms with Crippen LogP contribution in [-0.4, -0.2) is 26.0 Å². The van der Waals surface area contributed by atoms with Gasteiger partial charge in [0.05, 0.1) is 11.1 Å². The summed E-state index contributed by atoms with van der Waals surface area (Å²) in [6.45, 7) is 0. The van der Waals surface area contributed by atoms with Gasteiger partial charge < -0.3 is 10.1 Å². The molecule has 0 radical (unpaired) electrons. The van der Waals surface area contributed by atoms with Crippen LogP contribution in [0.15, 0.2) is 12.3 Å². The lowest BCUT2D eigenvalue weighted by Gasteiger charge is -2.18. The first-order valence-electron chi connectivity index (χ1n) is 6.33. The molecular weight excluding hydrogens is 230 g/mol. The van der Waals surface area contributed by atoms with Crippen molar-refractivity contribution in [2.45, 2.75) is 38.0 Å². The maximum absolute atomic E-state index is 10.9. The number of carboxylic acid groups (broad SMARTS) is 1. The monoisotopic (exact) mass is 245 g/mol. The molecule has 1 saturated carbocycles. The average molecular weight is 245 g/mol. The summed E-state index contributed by atoms with van der Waals surface area (Å²) in [6, 6.07) is 1.60. The van der Waals surface area contributed by atoms with Gasteiger partial charge in [-0.25, -0.2) is 14.8 Å². The van der Waals surface area contributed by atoms with E-state index in [1.807, 2.05) is 0 Å². The fourth-order valence-corrected chi connectivity index (χ4v) is 2.60. The number of nitrogens with zero attached hydrogens (tertiary/aromatic N) is 2. The maximum Gasteiger partial charge on any atom is 0.337 e. The number of carboxylic acids is 1. The minimum Gasteiger partial charge on any atom is -0.478 e. The number of nitrogens with one attached hydrogen (secondary N) is 1. The van der Waals surface area contributed by atoms with Crippen molar-refractivity contribution in [3.63, 3.8) is 0 Å². The van der Waals surface area contributed by atoms with E-state index in [-0.39, 0.29) is 5.56 Å². The maximum atomic E-state index is 10.9. The Balaban J connectivity index is 1.97. The van der Waals surface area contributed by atoms with Crippen molar-refractivity contribution in [3.05, 3.63) is 23.7 Å². The molecule has 94 valence electrons. The Morgan fingerprint density at radius 3 is 2.83 bits per heavy atom. The Kier molecular flexibility index (Phi) is 2.74. The highest BCUT2D eigenvalue weighted by atomic mass is 16.4. The van der Waals surface area contributed by atoms with Crippen LogP contribution in [0.2, 0.25) is 0 Å². The number of H-pyrrole nitrogens is 1. The quantitative estimate of drug-likeness (QED) is 0.852. The molecule has 2 N–H and O–H groups in total. The summed E-state index contributed by atoms with van der Waals surface area (Å²) in [7, 11) is 0. The van der Waals surface area contributed by atoms with Crippen LogP contribution in [0.3, 0.4) is 0 Å². The van der Waals surface area contributed by atoms with E-state index in [4.69, 9.17) is 5.11 Å². The van der Waals surface area contributed by atoms with E-state index in [1.165, 1.54) is 25.5 Å². The zero-order chi connectivity index (χ0) is 12.5. The molecule has 0 atom stereocenters. The lowest BCUT2D eigenvalue weighted by Crippen LogP contribution is -2.05. The van der Waals surface area contributed by atoms with Crippen LogP contribution in [0, 0.1) is 0 Å². The molecule has 5 heteroatoms. The summed E-state index contributed by atoms with van der Waals surface area (Å²) in [5.74, 6) is 0.471. The lowest BCUT2D eigenvalue weighted by molar-refractivity contribution is 0.0696. The highest BCUT2D eigenvalue weighted by Crippen LogP contribution is 2.31. The molecule has 0 aromatic carbocycles. The van der Waals surface area contributed by atoms with Crippen molar-refractivity contribution in [1.82, 2.24) is 15.0 Å². The van der Waals surface area contributed by atoms with E-state index in [2.05, 4.69) is 15.0 Å². The number of carbonyl (C=O) groups is 1. The Bertz CT molecular complexity index is 585. The predicted octanol–water partition coefficient (Wildman–Crippen LogP) is 2.70. The van der Waals surface area contributed by atoms with E-state index in [0.717, 1.165) is 24.2 Å². The van der Waals surface area contributed by atoms with E-state index in [1.54, 1.807) is 6.07 Å². The molecule has 1 aliphatic carbocycles. The van der Waals surface area contributed by atoms with Crippen molar-refractivity contribution < 1.29 is 9.90 Å². The van der Waals surface area contributed by atoms with Gasteiger partial charge in [0.15, 0.2) is 5.65 Å². The summed E-state index contributed by atoms with van der Waals surface area (Å²) >= 11 is 0. The van der Waals surface area contributed by atoms with Gasteiger partial charge in [-0.05, 0) is 18.9 Å². The topological polar surface area (TPSA) is 78.9 Å². The Morgan fingerprint density at radius 2 is 2.11 bits per heavy atom. The third-order valence-corrected chi connectivity index (χ3v) is 3.59. The normalized spacial score (nSPS) is 17.1. The molecular formula is C13H15N3O2. The van der Waals surface area contributed by atoms with Gasteiger partial charge in [-0.1, -0.05) is 19.3 Å². The number of fused-ring (bicyclic) bond motifs is 1. The Hall–Kier alpha value is -1.91. The van der Waals surface area contributed by atoms with Crippen LogP contribution in [-0.2, 0) is 0 Å². The minimum absolute atomic E-state index is 0.196. The lowest BCUT2D eigenvalue weighted by atomic mass is 9.89. The molecule has 5 nitrogen and oxygen atoms in total. The van der Waals surface area contributed by atoms with Gasteiger partial charge in [0.2, 0.25) is 0 Å². The van der Waals surface area contributed by atoms with Crippen molar-refractivity contribution >= 4 is 17.1 Å². The third-order valence-electron chi connectivity index (χ3n) is 3.59. The van der Waals surface area contributed by atoms with Crippen molar-refractivity contribution in [2.24, 2.45) is 0 Å². The molecule has 1 aliphatic rings. The molecule has 0 amide bonds. The first-order valence-corrected chi connectivity index (χ1v) is 6.33. The van der Waals surface area contributed by atoms with E-state index in [0.29, 0.717) is 11.6 Å². The Labute approximate surface area is 104 Å². The Morgan fingerprint density at radius 1 is 1.33 bits per heavy atom. The first-order chi connectivity index (χ1) is 8.74. The van der Waals surface area contributed by atoms with Gasteiger partial charge in [0, 0.05) is 12.1 Å². The summed E-state index contributed by atoms with van der Waals surface area (Å²) < 4.78 is 0. The fourth-order valence-electron chi connectivity index (χ4n) is 2.60. The zero-order valence-electron chi connectivity index (χ0n) is 10.0. The minimum atomic E-state index is -0.960. The second-order valence-electron chi connectivity index (χ2n) is 4.86. The molecule has 0 bridgehead atoms. The number of hydrogen-bond acceptors (Lipinski definition) is 3. The second-order valence-corrected chi connectivity index (χ2v) is 4.86. The molecule has 3 rings (SSSR count). The molecule has 18 heavy (non-hydrogen) atoms. The first kappa shape index (κ1) is 11.2. The highest BCUT2D eigenvalue weighted by Gasteiger charge is 2.19. The fraction of sp³-hybridized carbons (Fsp3) is 0.462. The number of rotatable bonds is 2. The molecule has 0 saturated heterocycles. The van der Waals surface area contributed by atoms with Gasteiger partial charge in [-0.3, -0.25) is 0 Å². The largest absolute Gasteiger partial charge is 0.478 e. The van der Waals surface area contributed by atoms with Crippen LogP contribution >= 0.6 is 0 Å². The van der Waals surface area contributed by atoms with Crippen LogP contribution in [0.25, 0.3) is 11.2 Å². The SMILES string of the molecule is O=C(O)c1cnc2nc(C3CCCCC3)[nH]c2c1. The number of imidazole rings is 1. The van der Waals surface area contributed by atoms with Gasteiger partial charge in [-0.15, -0.1) is 0 Å². The molecule has 0 spiro atoms. The number of aromatic amines is 1. The number of pyridine rings is 1. The molecule has 2 heterocycles. The highest BCUT2D eigenvalue weighted by molar-refractivity contribution is 5.90. The van der Waals surface area contributed by atoms with Crippen molar-refractivity contribution in [3.8, 4) is 0 Å². The van der Waals surface area contributed by atoms with Gasteiger partial charge in [0.25, 0.3) is 0 Å². The zero-order valence-corrected chi connectivity index (χ0v) is 10.0. The molecule has 0 unspecified atom stereocenters. The van der Waals surface area contributed by atoms with Crippen LogP contribution in [0.1, 0.15) is 54.2 Å². The number of aromatic nitrogens is 3. The second kappa shape index (κ2) is 4.40. The summed E-state index contributed by atoms with van der Waals surface area (Å²) in [5, 5.41) is 8.93. The van der Waals surface area contributed by atoms with E-state index >= 15 is 0 Å². The van der Waals surface area contributed by atoms with Crippen LogP contribution < -0.4 is 0 Å². The van der Waals surface area contributed by atoms with Gasteiger partial charge in [-0.2, -0.15) is 0 Å². The average Bonchev–Trinajstić information content (AvgIpc) is 2.82. The standard InChI is InChI=1S/C13H15N3O2/c17-13(18)9-6-10-12(14-7-9)16-11(15-10)8-4-2-1-3-5-8/h6-8H,1-5H2,(H,17,18)(H,14,15,16). The van der Waals surface area contributed by atoms with E-state index in [9.17, 15) is 4.79 Å². The molecule has 1 fully saturated rings. The smallest absolute Gasteiger partial charge is 0.337 e. The van der Waals surface area contributed by atoms with Gasteiger partial charge in [0.1, 0.15) is 5.82 Å². The number of aromatic carboxylic acids is 1.